The van der Waals surface area contributed by atoms with Gasteiger partial charge in [0.05, 0.1) is 5.52 Å². The predicted molar refractivity (Wildman–Crippen MR) is 114 cm³/mol. The molecule has 2 aromatic rings. The van der Waals surface area contributed by atoms with Crippen LogP contribution in [0.5, 0.6) is 0 Å². The van der Waals surface area contributed by atoms with Crippen molar-refractivity contribution in [2.75, 3.05) is 0 Å². The van der Waals surface area contributed by atoms with Crippen molar-refractivity contribution in [3.8, 4) is 0 Å². The number of fused-ring (bicyclic) bond motifs is 1. The minimum absolute atomic E-state index is 0.146. The third-order valence-corrected chi connectivity index (χ3v) is 5.20. The van der Waals surface area contributed by atoms with Gasteiger partial charge in [-0.1, -0.05) is 63.3 Å². The molecule has 0 bridgehead atoms. The van der Waals surface area contributed by atoms with E-state index in [2.05, 4.69) is 30.7 Å². The fourth-order valence-corrected chi connectivity index (χ4v) is 3.54. The third kappa shape index (κ3) is 6.48. The van der Waals surface area contributed by atoms with Crippen molar-refractivity contribution in [2.45, 2.75) is 77.6 Å². The Morgan fingerprint density at radius 2 is 1.54 bits per heavy atom. The number of nitrogens with zero attached hydrogens (tertiary/aromatic N) is 1. The van der Waals surface area contributed by atoms with Gasteiger partial charge in [0.25, 0.3) is 0 Å². The van der Waals surface area contributed by atoms with E-state index >= 15 is 0 Å². The van der Waals surface area contributed by atoms with Crippen molar-refractivity contribution in [1.29, 1.82) is 0 Å². The number of benzene rings is 1. The molecule has 0 N–H and O–H groups in total. The molecule has 2 heteroatoms. The van der Waals surface area contributed by atoms with E-state index in [-0.39, 0.29) is 5.43 Å². The normalized spacial score (nSPS) is 11.6. The molecule has 0 radical (unpaired) electrons. The van der Waals surface area contributed by atoms with Gasteiger partial charge in [-0.05, 0) is 50.7 Å². The van der Waals surface area contributed by atoms with E-state index in [1.54, 1.807) is 0 Å². The monoisotopic (exact) mass is 353 g/mol. The smallest absolute Gasteiger partial charge is 0.189 e. The summed E-state index contributed by atoms with van der Waals surface area (Å²) in [5.41, 5.74) is 2.33. The molecule has 26 heavy (non-hydrogen) atoms. The maximum Gasteiger partial charge on any atom is 0.189 e. The summed E-state index contributed by atoms with van der Waals surface area (Å²) in [5, 5.41) is 0.816. The summed E-state index contributed by atoms with van der Waals surface area (Å²) in [4.78, 5) is 12.2. The lowest BCUT2D eigenvalue weighted by molar-refractivity contribution is 0.611. The highest BCUT2D eigenvalue weighted by Crippen LogP contribution is 2.14. The predicted octanol–water partition coefficient (Wildman–Crippen LogP) is 6.56. The zero-order chi connectivity index (χ0) is 18.6. The van der Waals surface area contributed by atoms with E-state index in [9.17, 15) is 4.79 Å². The number of aromatic nitrogens is 1. The van der Waals surface area contributed by atoms with Gasteiger partial charge in [-0.2, -0.15) is 0 Å². The molecule has 0 aliphatic heterocycles. The Kier molecular flexibility index (Phi) is 9.23. The first-order valence-corrected chi connectivity index (χ1v) is 10.5. The van der Waals surface area contributed by atoms with Crippen LogP contribution >= 0.6 is 0 Å². The molecule has 0 aliphatic carbocycles. The molecular weight excluding hydrogens is 318 g/mol. The second-order valence-electron chi connectivity index (χ2n) is 7.35. The van der Waals surface area contributed by atoms with E-state index in [0.717, 1.165) is 35.9 Å². The quantitative estimate of drug-likeness (QED) is 0.313. The molecule has 1 aromatic heterocycles. The van der Waals surface area contributed by atoms with Crippen LogP contribution in [-0.2, 0) is 13.5 Å². The van der Waals surface area contributed by atoms with E-state index < -0.39 is 0 Å². The topological polar surface area (TPSA) is 22.0 Å². The average Bonchev–Trinajstić information content (AvgIpc) is 2.66. The van der Waals surface area contributed by atoms with Gasteiger partial charge in [0, 0.05) is 24.2 Å². The molecule has 0 saturated heterocycles. The fourth-order valence-electron chi connectivity index (χ4n) is 3.54. The van der Waals surface area contributed by atoms with Crippen LogP contribution in [0.15, 0.2) is 47.3 Å². The van der Waals surface area contributed by atoms with Crippen LogP contribution in [-0.4, -0.2) is 4.57 Å². The number of para-hydroxylation sites is 1. The number of pyridine rings is 1. The molecule has 0 unspecified atom stereocenters. The molecular formula is C24H35NO. The third-order valence-electron chi connectivity index (χ3n) is 5.20. The first kappa shape index (κ1) is 20.5. The minimum atomic E-state index is 0.146. The highest BCUT2D eigenvalue weighted by atomic mass is 16.1. The number of hydrogen-bond acceptors (Lipinski definition) is 1. The molecule has 0 atom stereocenters. The number of allylic oxidation sites excluding steroid dienone is 2. The Bertz CT molecular complexity index is 741. The molecule has 0 spiro atoms. The first-order valence-electron chi connectivity index (χ1n) is 10.5. The SMILES string of the molecule is CCCCCCCC/C=C\CCCCc1cc(=O)c2ccccc2n1C. The standard InChI is InChI=1S/C24H35NO/c1-3-4-5-6-7-8-9-10-11-12-13-14-17-21-20-24(26)22-18-15-16-19-23(22)25(21)2/h10-11,15-16,18-20H,3-9,12-14,17H2,1-2H3/b11-10-. The number of unbranched alkanes of at least 4 members (excludes halogenated alkanes) is 8. The van der Waals surface area contributed by atoms with Gasteiger partial charge in [0.1, 0.15) is 0 Å². The second-order valence-corrected chi connectivity index (χ2v) is 7.35. The summed E-state index contributed by atoms with van der Waals surface area (Å²) in [6, 6.07) is 9.69. The Morgan fingerprint density at radius 1 is 0.885 bits per heavy atom. The molecule has 2 nitrogen and oxygen atoms in total. The molecule has 1 heterocycles. The van der Waals surface area contributed by atoms with Crippen LogP contribution in [0.2, 0.25) is 0 Å². The van der Waals surface area contributed by atoms with Crippen molar-refractivity contribution < 1.29 is 0 Å². The molecule has 142 valence electrons. The van der Waals surface area contributed by atoms with Gasteiger partial charge in [-0.25, -0.2) is 0 Å². The van der Waals surface area contributed by atoms with Gasteiger partial charge < -0.3 is 4.57 Å². The molecule has 0 fully saturated rings. The second kappa shape index (κ2) is 11.7. The van der Waals surface area contributed by atoms with Gasteiger partial charge >= 0.3 is 0 Å². The summed E-state index contributed by atoms with van der Waals surface area (Å²) in [5.74, 6) is 0. The van der Waals surface area contributed by atoms with Gasteiger partial charge in [-0.15, -0.1) is 0 Å². The van der Waals surface area contributed by atoms with E-state index in [1.807, 2.05) is 30.3 Å². The lowest BCUT2D eigenvalue weighted by atomic mass is 10.1. The number of aryl methyl sites for hydroxylation is 2. The summed E-state index contributed by atoms with van der Waals surface area (Å²) in [6.07, 6.45) is 18.6. The molecule has 0 aliphatic rings. The number of rotatable bonds is 12. The van der Waals surface area contributed by atoms with Crippen LogP contribution in [0.25, 0.3) is 10.9 Å². The molecule has 2 rings (SSSR count). The van der Waals surface area contributed by atoms with E-state index in [1.165, 1.54) is 51.4 Å². The molecule has 0 saturated carbocycles. The lowest BCUT2D eigenvalue weighted by Crippen LogP contribution is -2.11. The highest BCUT2D eigenvalue weighted by molar-refractivity contribution is 5.79. The van der Waals surface area contributed by atoms with Crippen LogP contribution < -0.4 is 5.43 Å². The zero-order valence-corrected chi connectivity index (χ0v) is 16.7. The van der Waals surface area contributed by atoms with Crippen molar-refractivity contribution >= 4 is 10.9 Å². The van der Waals surface area contributed by atoms with Crippen LogP contribution in [0.3, 0.4) is 0 Å². The Morgan fingerprint density at radius 3 is 2.31 bits per heavy atom. The maximum absolute atomic E-state index is 12.2. The van der Waals surface area contributed by atoms with Crippen LogP contribution in [0.4, 0.5) is 0 Å². The average molecular weight is 354 g/mol. The summed E-state index contributed by atoms with van der Waals surface area (Å²) < 4.78 is 2.17. The fraction of sp³-hybridized carbons (Fsp3) is 0.542. The van der Waals surface area contributed by atoms with E-state index in [4.69, 9.17) is 0 Å². The summed E-state index contributed by atoms with van der Waals surface area (Å²) >= 11 is 0. The Hall–Kier alpha value is -1.83. The van der Waals surface area contributed by atoms with Gasteiger partial charge in [0.2, 0.25) is 0 Å². The minimum Gasteiger partial charge on any atom is -0.347 e. The lowest BCUT2D eigenvalue weighted by Gasteiger charge is -2.12. The highest BCUT2D eigenvalue weighted by Gasteiger charge is 2.05. The van der Waals surface area contributed by atoms with Crippen LogP contribution in [0, 0.1) is 0 Å². The number of hydrogen-bond donors (Lipinski definition) is 0. The van der Waals surface area contributed by atoms with Gasteiger partial charge in [0.15, 0.2) is 5.43 Å². The van der Waals surface area contributed by atoms with Crippen molar-refractivity contribution in [1.82, 2.24) is 4.57 Å². The first-order chi connectivity index (χ1) is 12.7. The summed E-state index contributed by atoms with van der Waals surface area (Å²) in [7, 11) is 2.07. The summed E-state index contributed by atoms with van der Waals surface area (Å²) in [6.45, 7) is 2.27. The van der Waals surface area contributed by atoms with Crippen molar-refractivity contribution in [3.05, 3.63) is 58.4 Å². The molecule has 1 aromatic carbocycles. The van der Waals surface area contributed by atoms with E-state index in [0.29, 0.717) is 0 Å². The Labute approximate surface area is 158 Å². The van der Waals surface area contributed by atoms with Crippen molar-refractivity contribution in [3.63, 3.8) is 0 Å². The van der Waals surface area contributed by atoms with Crippen LogP contribution in [0.1, 0.15) is 76.8 Å². The Balaban J connectivity index is 1.66. The largest absolute Gasteiger partial charge is 0.347 e. The van der Waals surface area contributed by atoms with Gasteiger partial charge in [-0.3, -0.25) is 4.79 Å². The maximum atomic E-state index is 12.2. The van der Waals surface area contributed by atoms with Crippen molar-refractivity contribution in [2.24, 2.45) is 7.05 Å². The molecule has 0 amide bonds. The zero-order valence-electron chi connectivity index (χ0n) is 16.7.